The molecule has 0 aromatic heterocycles. The van der Waals surface area contributed by atoms with Crippen molar-refractivity contribution in [2.24, 2.45) is 11.7 Å². The lowest BCUT2D eigenvalue weighted by Crippen LogP contribution is -2.48. The van der Waals surface area contributed by atoms with E-state index in [2.05, 4.69) is 28.7 Å². The Kier molecular flexibility index (Phi) is 5.42. The molecule has 1 atom stereocenters. The molecule has 2 heterocycles. The zero-order valence-electron chi connectivity index (χ0n) is 12.1. The molecule has 2 fully saturated rings. The van der Waals surface area contributed by atoms with Gasteiger partial charge in [-0.1, -0.05) is 0 Å². The van der Waals surface area contributed by atoms with Crippen LogP contribution in [0.5, 0.6) is 0 Å². The van der Waals surface area contributed by atoms with Gasteiger partial charge in [0.1, 0.15) is 0 Å². The first kappa shape index (κ1) is 14.3. The molecule has 0 saturated carbocycles. The van der Waals surface area contributed by atoms with Gasteiger partial charge in [-0.2, -0.15) is 0 Å². The van der Waals surface area contributed by atoms with E-state index in [1.54, 1.807) is 0 Å². The van der Waals surface area contributed by atoms with Crippen molar-refractivity contribution in [2.45, 2.75) is 25.8 Å². The lowest BCUT2D eigenvalue weighted by Gasteiger charge is -2.39. The van der Waals surface area contributed by atoms with Crippen LogP contribution in [0.15, 0.2) is 0 Å². The summed E-state index contributed by atoms with van der Waals surface area (Å²) in [4.78, 5) is 7.65. The number of likely N-dealkylation sites (N-methyl/N-ethyl adjacent to an activating group) is 1. The summed E-state index contributed by atoms with van der Waals surface area (Å²) in [6, 6.07) is 0.564. The average molecular weight is 254 g/mol. The summed E-state index contributed by atoms with van der Waals surface area (Å²) in [5.41, 5.74) is 5.75. The van der Waals surface area contributed by atoms with E-state index in [0.29, 0.717) is 6.04 Å². The summed E-state index contributed by atoms with van der Waals surface area (Å²) in [6.45, 7) is 11.9. The van der Waals surface area contributed by atoms with Crippen molar-refractivity contribution in [1.82, 2.24) is 14.7 Å². The standard InChI is InChI=1S/C14H30N4/c1-13(11-15)18-5-3-14(4-6-18)12-17-9-7-16(2)8-10-17/h13-14H,3-12,15H2,1-2H3. The quantitative estimate of drug-likeness (QED) is 0.782. The third-order valence-corrected chi connectivity index (χ3v) is 4.73. The lowest BCUT2D eigenvalue weighted by molar-refractivity contribution is 0.0939. The molecule has 0 radical (unpaired) electrons. The largest absolute Gasteiger partial charge is 0.329 e. The van der Waals surface area contributed by atoms with Gasteiger partial charge in [0.15, 0.2) is 0 Å². The van der Waals surface area contributed by atoms with Gasteiger partial charge in [0, 0.05) is 45.3 Å². The van der Waals surface area contributed by atoms with Crippen LogP contribution in [-0.4, -0.2) is 80.1 Å². The maximum Gasteiger partial charge on any atom is 0.0190 e. The second-order valence-corrected chi connectivity index (χ2v) is 6.17. The van der Waals surface area contributed by atoms with Gasteiger partial charge < -0.3 is 15.5 Å². The van der Waals surface area contributed by atoms with E-state index < -0.39 is 0 Å². The highest BCUT2D eigenvalue weighted by molar-refractivity contribution is 4.80. The fourth-order valence-electron chi connectivity index (χ4n) is 3.12. The topological polar surface area (TPSA) is 35.7 Å². The summed E-state index contributed by atoms with van der Waals surface area (Å²) in [7, 11) is 2.23. The van der Waals surface area contributed by atoms with Gasteiger partial charge in [-0.25, -0.2) is 0 Å². The molecule has 0 aliphatic carbocycles. The molecule has 4 heteroatoms. The van der Waals surface area contributed by atoms with Crippen LogP contribution in [0.2, 0.25) is 0 Å². The van der Waals surface area contributed by atoms with Crippen LogP contribution < -0.4 is 5.73 Å². The SMILES string of the molecule is CC(CN)N1CCC(CN2CCN(C)CC2)CC1. The van der Waals surface area contributed by atoms with Crippen LogP contribution in [0.4, 0.5) is 0 Å². The molecule has 0 bridgehead atoms. The van der Waals surface area contributed by atoms with E-state index in [4.69, 9.17) is 5.73 Å². The molecular weight excluding hydrogens is 224 g/mol. The van der Waals surface area contributed by atoms with Crippen LogP contribution in [0, 0.1) is 5.92 Å². The summed E-state index contributed by atoms with van der Waals surface area (Å²) in [6.07, 6.45) is 2.72. The van der Waals surface area contributed by atoms with Gasteiger partial charge in [0.25, 0.3) is 0 Å². The van der Waals surface area contributed by atoms with E-state index in [-0.39, 0.29) is 0 Å². The highest BCUT2D eigenvalue weighted by atomic mass is 15.2. The molecular formula is C14H30N4. The predicted molar refractivity (Wildman–Crippen MR) is 76.8 cm³/mol. The molecule has 2 aliphatic heterocycles. The highest BCUT2D eigenvalue weighted by Crippen LogP contribution is 2.20. The van der Waals surface area contributed by atoms with Crippen molar-refractivity contribution < 1.29 is 0 Å². The van der Waals surface area contributed by atoms with E-state index in [1.807, 2.05) is 0 Å². The Hall–Kier alpha value is -0.160. The molecule has 0 aromatic rings. The third-order valence-electron chi connectivity index (χ3n) is 4.73. The van der Waals surface area contributed by atoms with Gasteiger partial charge in [0.05, 0.1) is 0 Å². The summed E-state index contributed by atoms with van der Waals surface area (Å²) in [5.74, 6) is 0.912. The minimum atomic E-state index is 0.564. The Balaban J connectivity index is 1.67. The Bertz CT molecular complexity index is 230. The number of nitrogens with zero attached hydrogens (tertiary/aromatic N) is 3. The first-order valence-corrected chi connectivity index (χ1v) is 7.54. The average Bonchev–Trinajstić information content (AvgIpc) is 2.41. The Morgan fingerprint density at radius 3 is 2.22 bits per heavy atom. The van der Waals surface area contributed by atoms with Crippen LogP contribution in [0.3, 0.4) is 0 Å². The first-order valence-electron chi connectivity index (χ1n) is 7.54. The molecule has 1 unspecified atom stereocenters. The summed E-state index contributed by atoms with van der Waals surface area (Å²) in [5, 5.41) is 0. The molecule has 2 saturated heterocycles. The molecule has 2 aliphatic rings. The molecule has 0 spiro atoms. The van der Waals surface area contributed by atoms with Crippen molar-refractivity contribution in [3.8, 4) is 0 Å². The second kappa shape index (κ2) is 6.85. The normalized spacial score (nSPS) is 27.5. The zero-order valence-corrected chi connectivity index (χ0v) is 12.1. The molecule has 2 rings (SSSR count). The van der Waals surface area contributed by atoms with Gasteiger partial charge in [0.2, 0.25) is 0 Å². The van der Waals surface area contributed by atoms with E-state index in [9.17, 15) is 0 Å². The first-order chi connectivity index (χ1) is 8.69. The molecule has 18 heavy (non-hydrogen) atoms. The molecule has 0 aromatic carbocycles. The summed E-state index contributed by atoms with van der Waals surface area (Å²) < 4.78 is 0. The number of rotatable bonds is 4. The third kappa shape index (κ3) is 3.92. The van der Waals surface area contributed by atoms with Crippen molar-refractivity contribution in [2.75, 3.05) is 59.4 Å². The Labute approximate surface area is 112 Å². The second-order valence-electron chi connectivity index (χ2n) is 6.17. The predicted octanol–water partition coefficient (Wildman–Crippen LogP) is 0.293. The van der Waals surface area contributed by atoms with Gasteiger partial charge in [-0.05, 0) is 45.8 Å². The Morgan fingerprint density at radius 1 is 1.06 bits per heavy atom. The Morgan fingerprint density at radius 2 is 1.67 bits per heavy atom. The highest BCUT2D eigenvalue weighted by Gasteiger charge is 2.24. The van der Waals surface area contributed by atoms with Gasteiger partial charge in [-0.15, -0.1) is 0 Å². The molecule has 4 nitrogen and oxygen atoms in total. The lowest BCUT2D eigenvalue weighted by atomic mass is 9.95. The maximum atomic E-state index is 5.75. The van der Waals surface area contributed by atoms with Crippen molar-refractivity contribution in [1.29, 1.82) is 0 Å². The zero-order chi connectivity index (χ0) is 13.0. The van der Waals surface area contributed by atoms with E-state index in [0.717, 1.165) is 12.5 Å². The van der Waals surface area contributed by atoms with Crippen molar-refractivity contribution in [3.05, 3.63) is 0 Å². The van der Waals surface area contributed by atoms with E-state index >= 15 is 0 Å². The van der Waals surface area contributed by atoms with Crippen LogP contribution in [-0.2, 0) is 0 Å². The summed E-state index contributed by atoms with van der Waals surface area (Å²) >= 11 is 0. The minimum Gasteiger partial charge on any atom is -0.329 e. The number of piperazine rings is 1. The van der Waals surface area contributed by atoms with Crippen molar-refractivity contribution in [3.63, 3.8) is 0 Å². The maximum absolute atomic E-state index is 5.75. The number of hydrogen-bond donors (Lipinski definition) is 1. The van der Waals surface area contributed by atoms with Crippen LogP contribution in [0.25, 0.3) is 0 Å². The van der Waals surface area contributed by atoms with Gasteiger partial charge in [-0.3, -0.25) is 4.90 Å². The van der Waals surface area contributed by atoms with Gasteiger partial charge >= 0.3 is 0 Å². The smallest absolute Gasteiger partial charge is 0.0190 e. The molecule has 0 amide bonds. The molecule has 106 valence electrons. The van der Waals surface area contributed by atoms with Crippen LogP contribution >= 0.6 is 0 Å². The van der Waals surface area contributed by atoms with Crippen molar-refractivity contribution >= 4 is 0 Å². The number of nitrogens with two attached hydrogens (primary N) is 1. The fraction of sp³-hybridized carbons (Fsp3) is 1.00. The fourth-order valence-corrected chi connectivity index (χ4v) is 3.12. The van der Waals surface area contributed by atoms with E-state index in [1.165, 1.54) is 58.7 Å². The number of hydrogen-bond acceptors (Lipinski definition) is 4. The number of likely N-dealkylation sites (tertiary alicyclic amines) is 1. The molecule has 2 N–H and O–H groups in total. The number of piperidine rings is 1. The minimum absolute atomic E-state index is 0.564. The van der Waals surface area contributed by atoms with Crippen LogP contribution in [0.1, 0.15) is 19.8 Å². The monoisotopic (exact) mass is 254 g/mol.